The number of pyridine rings is 1. The van der Waals surface area contributed by atoms with Crippen LogP contribution in [-0.4, -0.2) is 22.5 Å². The van der Waals surface area contributed by atoms with Crippen molar-refractivity contribution in [3.05, 3.63) is 99.9 Å². The SMILES string of the molecule is C=C/C(C)=C\C(C)=C(/C)CN(Cc1ncccc1C(C)(C)c1ccc(Cl)cc1)C(C)C(C)C. The largest absolute Gasteiger partial charge is 0.291 e. The third-order valence-corrected chi connectivity index (χ3v) is 7.15. The molecule has 0 saturated heterocycles. The minimum atomic E-state index is -0.175. The van der Waals surface area contributed by atoms with Crippen molar-refractivity contribution in [3.63, 3.8) is 0 Å². The Morgan fingerprint density at radius 1 is 1.09 bits per heavy atom. The third kappa shape index (κ3) is 7.16. The van der Waals surface area contributed by atoms with E-state index in [1.54, 1.807) is 0 Å². The average molecular weight is 465 g/mol. The van der Waals surface area contributed by atoms with Crippen LogP contribution in [0.15, 0.2) is 78.0 Å². The zero-order chi connectivity index (χ0) is 24.8. The number of halogens is 1. The van der Waals surface area contributed by atoms with E-state index in [1.165, 1.54) is 27.8 Å². The quantitative estimate of drug-likeness (QED) is 0.328. The number of rotatable bonds is 10. The van der Waals surface area contributed by atoms with Crippen molar-refractivity contribution in [1.29, 1.82) is 0 Å². The smallest absolute Gasteiger partial charge is 0.0584 e. The molecule has 1 heterocycles. The molecule has 0 spiro atoms. The number of hydrogen-bond acceptors (Lipinski definition) is 2. The Morgan fingerprint density at radius 2 is 1.73 bits per heavy atom. The first-order valence-corrected chi connectivity index (χ1v) is 12.3. The summed E-state index contributed by atoms with van der Waals surface area (Å²) >= 11 is 6.15. The molecule has 0 aliphatic carbocycles. The first kappa shape index (κ1) is 27.1. The normalized spacial score (nSPS) is 14.5. The summed E-state index contributed by atoms with van der Waals surface area (Å²) < 4.78 is 0. The minimum absolute atomic E-state index is 0.175. The van der Waals surface area contributed by atoms with Crippen LogP contribution in [0, 0.1) is 5.92 Å². The molecule has 2 nitrogen and oxygen atoms in total. The Hall–Kier alpha value is -2.16. The van der Waals surface area contributed by atoms with E-state index in [-0.39, 0.29) is 5.41 Å². The molecule has 1 atom stereocenters. The zero-order valence-electron chi connectivity index (χ0n) is 21.7. The topological polar surface area (TPSA) is 16.1 Å². The van der Waals surface area contributed by atoms with Crippen LogP contribution >= 0.6 is 11.6 Å². The van der Waals surface area contributed by atoms with Gasteiger partial charge in [0, 0.05) is 35.8 Å². The predicted octanol–water partition coefficient (Wildman–Crippen LogP) is 8.38. The molecule has 2 aromatic rings. The van der Waals surface area contributed by atoms with E-state index >= 15 is 0 Å². The average Bonchev–Trinajstić information content (AvgIpc) is 2.78. The third-order valence-electron chi connectivity index (χ3n) is 6.90. The molecule has 1 aromatic carbocycles. The van der Waals surface area contributed by atoms with Crippen molar-refractivity contribution in [2.75, 3.05) is 6.54 Å². The molecule has 2 rings (SSSR count). The van der Waals surface area contributed by atoms with Crippen LogP contribution in [0.3, 0.4) is 0 Å². The monoisotopic (exact) mass is 464 g/mol. The number of benzene rings is 1. The molecule has 1 unspecified atom stereocenters. The summed E-state index contributed by atoms with van der Waals surface area (Å²) in [5.74, 6) is 0.542. The van der Waals surface area contributed by atoms with Crippen molar-refractivity contribution in [1.82, 2.24) is 9.88 Å². The Balaban J connectivity index is 2.45. The van der Waals surface area contributed by atoms with Crippen LogP contribution in [0.1, 0.15) is 72.2 Å². The standard InChI is InChI=1S/C30H41ClN2/c1-10-22(4)18-23(5)24(6)19-33(25(7)21(2)3)20-29-28(12-11-17-32-29)30(8,9)26-13-15-27(31)16-14-26/h10-18,21,25H,1,19-20H2,2-9H3/b22-18-,24-23+. The summed E-state index contributed by atoms with van der Waals surface area (Å²) in [6.07, 6.45) is 6.04. The van der Waals surface area contributed by atoms with Crippen LogP contribution in [0.2, 0.25) is 5.02 Å². The lowest BCUT2D eigenvalue weighted by molar-refractivity contribution is 0.171. The molecule has 3 heteroatoms. The number of aromatic nitrogens is 1. The number of hydrogen-bond donors (Lipinski definition) is 0. The van der Waals surface area contributed by atoms with Gasteiger partial charge < -0.3 is 0 Å². The van der Waals surface area contributed by atoms with Crippen LogP contribution in [0.4, 0.5) is 0 Å². The molecule has 0 N–H and O–H groups in total. The molecule has 0 radical (unpaired) electrons. The zero-order valence-corrected chi connectivity index (χ0v) is 22.5. The van der Waals surface area contributed by atoms with Gasteiger partial charge in [0.15, 0.2) is 0 Å². The van der Waals surface area contributed by atoms with E-state index in [2.05, 4.69) is 91.1 Å². The lowest BCUT2D eigenvalue weighted by atomic mass is 9.77. The minimum Gasteiger partial charge on any atom is -0.291 e. The molecule has 0 aliphatic heterocycles. The van der Waals surface area contributed by atoms with Gasteiger partial charge in [-0.05, 0) is 62.9 Å². The van der Waals surface area contributed by atoms with E-state index < -0.39 is 0 Å². The fourth-order valence-electron chi connectivity index (χ4n) is 4.07. The summed E-state index contributed by atoms with van der Waals surface area (Å²) in [4.78, 5) is 7.43. The molecule has 0 aliphatic rings. The number of allylic oxidation sites excluding steroid dienone is 4. The number of nitrogens with zero attached hydrogens (tertiary/aromatic N) is 2. The summed E-state index contributed by atoms with van der Waals surface area (Å²) in [5.41, 5.74) is 7.32. The van der Waals surface area contributed by atoms with Crippen molar-refractivity contribution >= 4 is 11.6 Å². The highest BCUT2D eigenvalue weighted by Crippen LogP contribution is 2.34. The lowest BCUT2D eigenvalue weighted by Crippen LogP contribution is -2.38. The van der Waals surface area contributed by atoms with Gasteiger partial charge in [0.1, 0.15) is 0 Å². The van der Waals surface area contributed by atoms with Crippen LogP contribution in [-0.2, 0) is 12.0 Å². The molecule has 178 valence electrons. The highest BCUT2D eigenvalue weighted by molar-refractivity contribution is 6.30. The first-order valence-electron chi connectivity index (χ1n) is 11.9. The molecular weight excluding hydrogens is 424 g/mol. The first-order chi connectivity index (χ1) is 15.5. The van der Waals surface area contributed by atoms with Crippen molar-refractivity contribution in [2.45, 2.75) is 73.4 Å². The van der Waals surface area contributed by atoms with Crippen molar-refractivity contribution < 1.29 is 0 Å². The fraction of sp³-hybridized carbons (Fsp3) is 0.433. The highest BCUT2D eigenvalue weighted by atomic mass is 35.5. The Labute approximate surface area is 207 Å². The lowest BCUT2D eigenvalue weighted by Gasteiger charge is -2.34. The Kier molecular flexibility index (Phi) is 9.70. The van der Waals surface area contributed by atoms with Crippen LogP contribution in [0.5, 0.6) is 0 Å². The summed E-state index contributed by atoms with van der Waals surface area (Å²) in [7, 11) is 0. The summed E-state index contributed by atoms with van der Waals surface area (Å²) in [5, 5.41) is 0.760. The van der Waals surface area contributed by atoms with Gasteiger partial charge >= 0.3 is 0 Å². The van der Waals surface area contributed by atoms with Gasteiger partial charge in [0.2, 0.25) is 0 Å². The van der Waals surface area contributed by atoms with Crippen LogP contribution in [0.25, 0.3) is 0 Å². The van der Waals surface area contributed by atoms with E-state index in [0.29, 0.717) is 12.0 Å². The second-order valence-corrected chi connectivity index (χ2v) is 10.5. The van der Waals surface area contributed by atoms with Gasteiger partial charge in [-0.1, -0.05) is 92.9 Å². The van der Waals surface area contributed by atoms with Gasteiger partial charge in [0.05, 0.1) is 5.69 Å². The van der Waals surface area contributed by atoms with Crippen LogP contribution < -0.4 is 0 Å². The molecule has 0 amide bonds. The molecular formula is C30H41ClN2. The second kappa shape index (κ2) is 11.8. The van der Waals surface area contributed by atoms with Gasteiger partial charge in [-0.2, -0.15) is 0 Å². The maximum absolute atomic E-state index is 6.15. The maximum atomic E-state index is 6.15. The van der Waals surface area contributed by atoms with Gasteiger partial charge in [0.25, 0.3) is 0 Å². The maximum Gasteiger partial charge on any atom is 0.0584 e. The summed E-state index contributed by atoms with van der Waals surface area (Å²) in [6.45, 7) is 23.6. The van der Waals surface area contributed by atoms with Crippen molar-refractivity contribution in [2.24, 2.45) is 5.92 Å². The molecule has 0 bridgehead atoms. The molecule has 0 fully saturated rings. The molecule has 33 heavy (non-hydrogen) atoms. The van der Waals surface area contributed by atoms with E-state index in [9.17, 15) is 0 Å². The summed E-state index contributed by atoms with van der Waals surface area (Å²) in [6, 6.07) is 12.9. The molecule has 1 aromatic heterocycles. The van der Waals surface area contributed by atoms with E-state index in [0.717, 1.165) is 23.8 Å². The van der Waals surface area contributed by atoms with Gasteiger partial charge in [-0.3, -0.25) is 9.88 Å². The van der Waals surface area contributed by atoms with E-state index in [4.69, 9.17) is 16.6 Å². The predicted molar refractivity (Wildman–Crippen MR) is 145 cm³/mol. The van der Waals surface area contributed by atoms with E-state index in [1.807, 2.05) is 30.5 Å². The second-order valence-electron chi connectivity index (χ2n) is 10.1. The van der Waals surface area contributed by atoms with Gasteiger partial charge in [-0.15, -0.1) is 0 Å². The van der Waals surface area contributed by atoms with Gasteiger partial charge in [-0.25, -0.2) is 0 Å². The Morgan fingerprint density at radius 3 is 2.30 bits per heavy atom. The molecule has 0 saturated carbocycles. The Bertz CT molecular complexity index is 996. The van der Waals surface area contributed by atoms with Crippen molar-refractivity contribution in [3.8, 4) is 0 Å². The highest BCUT2D eigenvalue weighted by Gasteiger charge is 2.28. The fourth-order valence-corrected chi connectivity index (χ4v) is 4.19.